The second-order valence-corrected chi connectivity index (χ2v) is 9.97. The van der Waals surface area contributed by atoms with E-state index in [0.29, 0.717) is 35.7 Å². The van der Waals surface area contributed by atoms with Gasteiger partial charge in [0.2, 0.25) is 0 Å². The molecule has 2 aromatic carbocycles. The Hall–Kier alpha value is -3.45. The third-order valence-electron chi connectivity index (χ3n) is 6.79. The molecule has 1 unspecified atom stereocenters. The lowest BCUT2D eigenvalue weighted by Crippen LogP contribution is -2.54. The Bertz CT molecular complexity index is 1230. The fourth-order valence-corrected chi connectivity index (χ4v) is 4.96. The van der Waals surface area contributed by atoms with Crippen molar-refractivity contribution in [1.82, 2.24) is 9.80 Å². The summed E-state index contributed by atoms with van der Waals surface area (Å²) >= 11 is 0. The summed E-state index contributed by atoms with van der Waals surface area (Å²) in [5.41, 5.74) is 1.81. The molecule has 3 aromatic rings. The smallest absolute Gasteiger partial charge is 0.304 e. The van der Waals surface area contributed by atoms with E-state index in [1.807, 2.05) is 50.2 Å². The fourth-order valence-electron chi connectivity index (χ4n) is 4.96. The van der Waals surface area contributed by atoms with Crippen molar-refractivity contribution in [3.05, 3.63) is 78.1 Å². The molecule has 1 aromatic heterocycles. The summed E-state index contributed by atoms with van der Waals surface area (Å²) in [4.78, 5) is 28.3. The highest BCUT2D eigenvalue weighted by Gasteiger charge is 2.36. The molecule has 2 heterocycles. The molecule has 1 amide bonds. The average Bonchev–Trinajstić information content (AvgIpc) is 3.43. The lowest BCUT2D eigenvalue weighted by atomic mass is 9.56. The number of aliphatic carboxylic acids is 1. The second-order valence-electron chi connectivity index (χ2n) is 9.97. The van der Waals surface area contributed by atoms with Gasteiger partial charge in [0.1, 0.15) is 17.6 Å². The molecular formula is C29H32B2N2O5. The Morgan fingerprint density at radius 3 is 2.53 bits per heavy atom. The van der Waals surface area contributed by atoms with E-state index in [0.717, 1.165) is 24.9 Å². The highest BCUT2D eigenvalue weighted by molar-refractivity contribution is 6.41. The lowest BCUT2D eigenvalue weighted by molar-refractivity contribution is -0.137. The van der Waals surface area contributed by atoms with E-state index in [-0.39, 0.29) is 24.5 Å². The van der Waals surface area contributed by atoms with Crippen LogP contribution in [0.4, 0.5) is 0 Å². The van der Waals surface area contributed by atoms with Crippen molar-refractivity contribution < 1.29 is 23.8 Å². The molecule has 0 aliphatic carbocycles. The first-order valence-corrected chi connectivity index (χ1v) is 12.9. The predicted molar refractivity (Wildman–Crippen MR) is 147 cm³/mol. The molecule has 7 nitrogen and oxygen atoms in total. The van der Waals surface area contributed by atoms with Gasteiger partial charge in [0.25, 0.3) is 5.91 Å². The maximum absolute atomic E-state index is 13.7. The third-order valence-corrected chi connectivity index (χ3v) is 6.79. The number of benzene rings is 2. The second kappa shape index (κ2) is 11.9. The lowest BCUT2D eigenvalue weighted by Gasteiger charge is -2.44. The van der Waals surface area contributed by atoms with Crippen LogP contribution < -0.4 is 4.74 Å². The Morgan fingerprint density at radius 1 is 1.13 bits per heavy atom. The van der Waals surface area contributed by atoms with Crippen molar-refractivity contribution in [3.8, 4) is 17.1 Å². The number of para-hydroxylation sites is 1. The molecule has 1 saturated heterocycles. The zero-order valence-electron chi connectivity index (χ0n) is 21.9. The molecule has 38 heavy (non-hydrogen) atoms. The van der Waals surface area contributed by atoms with E-state index in [4.69, 9.17) is 30.0 Å². The van der Waals surface area contributed by atoms with Crippen LogP contribution in [0, 0.1) is 0 Å². The van der Waals surface area contributed by atoms with Crippen LogP contribution in [0.2, 0.25) is 0 Å². The van der Waals surface area contributed by atoms with Crippen LogP contribution in [-0.4, -0.2) is 74.3 Å². The number of likely N-dealkylation sites (tertiary alicyclic amines) is 1. The maximum atomic E-state index is 13.7. The minimum Gasteiger partial charge on any atom is -0.489 e. The summed E-state index contributed by atoms with van der Waals surface area (Å²) in [6.45, 7) is 5.66. The molecule has 194 valence electrons. The minimum atomic E-state index is -1.65. The summed E-state index contributed by atoms with van der Waals surface area (Å²) in [6.07, 6.45) is 3.27. The van der Waals surface area contributed by atoms with Gasteiger partial charge >= 0.3 is 5.97 Å². The van der Waals surface area contributed by atoms with Gasteiger partial charge in [-0.3, -0.25) is 14.5 Å². The van der Waals surface area contributed by atoms with Crippen molar-refractivity contribution in [2.24, 2.45) is 0 Å². The number of hydrogen-bond acceptors (Lipinski definition) is 5. The van der Waals surface area contributed by atoms with Gasteiger partial charge in [-0.25, -0.2) is 0 Å². The van der Waals surface area contributed by atoms with Gasteiger partial charge in [-0.05, 0) is 68.9 Å². The van der Waals surface area contributed by atoms with Gasteiger partial charge < -0.3 is 19.2 Å². The van der Waals surface area contributed by atoms with Gasteiger partial charge in [-0.1, -0.05) is 30.3 Å². The van der Waals surface area contributed by atoms with Gasteiger partial charge in [0.05, 0.1) is 28.4 Å². The number of carboxylic acids is 1. The Labute approximate surface area is 226 Å². The molecule has 9 heteroatoms. The van der Waals surface area contributed by atoms with Gasteiger partial charge in [0.15, 0.2) is 0 Å². The first kappa shape index (κ1) is 27.6. The number of ether oxygens (including phenoxy) is 1. The van der Waals surface area contributed by atoms with Gasteiger partial charge in [-0.15, -0.1) is 0 Å². The zero-order valence-corrected chi connectivity index (χ0v) is 21.9. The SMILES string of the molecule is [B]C([B])(c1ccccc1OC1CCCN(CCC(=O)O)C1)N(C(=O)c1ccc(-c2ccco2)cc1)C(C)C. The van der Waals surface area contributed by atoms with E-state index < -0.39 is 11.3 Å². The van der Waals surface area contributed by atoms with Crippen LogP contribution in [-0.2, 0) is 10.1 Å². The largest absolute Gasteiger partial charge is 0.489 e. The topological polar surface area (TPSA) is 83.2 Å². The monoisotopic (exact) mass is 510 g/mol. The Kier molecular flexibility index (Phi) is 8.67. The van der Waals surface area contributed by atoms with E-state index in [1.165, 1.54) is 4.90 Å². The zero-order chi connectivity index (χ0) is 27.3. The van der Waals surface area contributed by atoms with Crippen molar-refractivity contribution in [2.75, 3.05) is 19.6 Å². The van der Waals surface area contributed by atoms with Crippen LogP contribution in [0.5, 0.6) is 5.75 Å². The Morgan fingerprint density at radius 2 is 1.87 bits per heavy atom. The summed E-state index contributed by atoms with van der Waals surface area (Å²) < 4.78 is 11.8. The van der Waals surface area contributed by atoms with Crippen LogP contribution >= 0.6 is 0 Å². The van der Waals surface area contributed by atoms with E-state index in [1.54, 1.807) is 30.5 Å². The van der Waals surface area contributed by atoms with Crippen molar-refractivity contribution >= 4 is 27.6 Å². The number of hydrogen-bond donors (Lipinski definition) is 1. The number of amides is 1. The Balaban J connectivity index is 1.55. The van der Waals surface area contributed by atoms with E-state index in [2.05, 4.69) is 4.90 Å². The van der Waals surface area contributed by atoms with Gasteiger partial charge in [-0.2, -0.15) is 0 Å². The van der Waals surface area contributed by atoms with Crippen LogP contribution in [0.1, 0.15) is 49.0 Å². The van der Waals surface area contributed by atoms with Crippen molar-refractivity contribution in [2.45, 2.75) is 50.6 Å². The molecule has 1 aliphatic rings. The first-order valence-electron chi connectivity index (χ1n) is 12.9. The van der Waals surface area contributed by atoms with Crippen molar-refractivity contribution in [1.29, 1.82) is 0 Å². The molecule has 1 atom stereocenters. The number of nitrogens with zero attached hydrogens (tertiary/aromatic N) is 2. The molecule has 0 spiro atoms. The summed E-state index contributed by atoms with van der Waals surface area (Å²) in [6, 6.07) is 17.7. The summed E-state index contributed by atoms with van der Waals surface area (Å²) in [5.74, 6) is 0.105. The van der Waals surface area contributed by atoms with Crippen LogP contribution in [0.25, 0.3) is 11.3 Å². The highest BCUT2D eigenvalue weighted by atomic mass is 16.5. The molecule has 4 radical (unpaired) electrons. The number of carboxylic acid groups (broad SMARTS) is 1. The number of carbonyl (C=O) groups excluding carboxylic acids is 1. The molecule has 4 rings (SSSR count). The molecule has 1 fully saturated rings. The van der Waals surface area contributed by atoms with E-state index in [9.17, 15) is 9.59 Å². The van der Waals surface area contributed by atoms with E-state index >= 15 is 0 Å². The number of piperidine rings is 1. The predicted octanol–water partition coefficient (Wildman–Crippen LogP) is 4.26. The number of rotatable bonds is 10. The molecular weight excluding hydrogens is 478 g/mol. The normalized spacial score (nSPS) is 16.3. The minimum absolute atomic E-state index is 0.0893. The molecule has 0 bridgehead atoms. The molecule has 0 saturated carbocycles. The fraction of sp³-hybridized carbons (Fsp3) is 0.379. The first-order chi connectivity index (χ1) is 18.2. The highest BCUT2D eigenvalue weighted by Crippen LogP contribution is 2.34. The summed E-state index contributed by atoms with van der Waals surface area (Å²) in [5, 5.41) is 7.38. The maximum Gasteiger partial charge on any atom is 0.304 e. The number of carbonyl (C=O) groups is 2. The molecule has 1 aliphatic heterocycles. The van der Waals surface area contributed by atoms with Crippen molar-refractivity contribution in [3.63, 3.8) is 0 Å². The van der Waals surface area contributed by atoms with Gasteiger partial charge in [0, 0.05) is 35.8 Å². The van der Waals surface area contributed by atoms with Crippen LogP contribution in [0.15, 0.2) is 71.3 Å². The molecule has 1 N–H and O–H groups in total. The van der Waals surface area contributed by atoms with Crippen LogP contribution in [0.3, 0.4) is 0 Å². The average molecular weight is 510 g/mol. The third kappa shape index (κ3) is 6.33. The number of furan rings is 1. The summed E-state index contributed by atoms with van der Waals surface area (Å²) in [7, 11) is 13.5. The quantitative estimate of drug-likeness (QED) is 0.411. The standard InChI is InChI=1S/C29H32B2N2O5/c1-20(2)33(28(36)22-13-11-21(12-14-22)25-10-6-18-37-25)29(30,31)24-8-3-4-9-26(24)38-23-7-5-16-32(19-23)17-15-27(34)35/h3-4,6,8-14,18,20,23H,5,7,15-17,19H2,1-2H3,(H,34,35).